The van der Waals surface area contributed by atoms with E-state index in [1.54, 1.807) is 4.68 Å². The van der Waals surface area contributed by atoms with Crippen molar-refractivity contribution < 1.29 is 4.79 Å². The first-order valence-electron chi connectivity index (χ1n) is 8.82. The van der Waals surface area contributed by atoms with Crippen LogP contribution in [0.5, 0.6) is 0 Å². The number of nitrogens with one attached hydrogen (secondary N) is 1. The maximum atomic E-state index is 13.3. The molecule has 2 aromatic heterocycles. The molecule has 0 aliphatic carbocycles. The first-order chi connectivity index (χ1) is 12.3. The Morgan fingerprint density at radius 2 is 1.92 bits per heavy atom. The van der Waals surface area contributed by atoms with Gasteiger partial charge in [-0.15, -0.1) is 0 Å². The van der Waals surface area contributed by atoms with Crippen LogP contribution in [0.15, 0.2) is 24.5 Å². The lowest BCUT2D eigenvalue weighted by Gasteiger charge is -2.22. The molecular weight excluding hydrogens is 326 g/mol. The SMILES string of the molecule is Cc1ccc2nc(C)c(C)c(C(=O)N[C@@H](c3ncnn3C)C(C)C)c2c1. The molecular formula is C20H25N5O. The normalized spacial score (nSPS) is 12.6. The third-order valence-electron chi connectivity index (χ3n) is 4.83. The summed E-state index contributed by atoms with van der Waals surface area (Å²) in [4.78, 5) is 22.2. The van der Waals surface area contributed by atoms with E-state index in [0.29, 0.717) is 5.56 Å². The molecule has 0 radical (unpaired) electrons. The fourth-order valence-electron chi connectivity index (χ4n) is 3.22. The monoisotopic (exact) mass is 351 g/mol. The number of aryl methyl sites for hydroxylation is 3. The Hall–Kier alpha value is -2.76. The van der Waals surface area contributed by atoms with Crippen molar-refractivity contribution in [1.29, 1.82) is 0 Å². The lowest BCUT2D eigenvalue weighted by atomic mass is 9.98. The fraction of sp³-hybridized carbons (Fsp3) is 0.400. The summed E-state index contributed by atoms with van der Waals surface area (Å²) in [6.07, 6.45) is 1.51. The van der Waals surface area contributed by atoms with Gasteiger partial charge in [-0.05, 0) is 44.4 Å². The molecule has 0 saturated heterocycles. The van der Waals surface area contributed by atoms with Crippen molar-refractivity contribution in [3.63, 3.8) is 0 Å². The number of benzene rings is 1. The van der Waals surface area contributed by atoms with E-state index in [1.807, 2.05) is 46.0 Å². The summed E-state index contributed by atoms with van der Waals surface area (Å²) >= 11 is 0. The van der Waals surface area contributed by atoms with Crippen molar-refractivity contribution in [3.05, 3.63) is 52.7 Å². The zero-order valence-electron chi connectivity index (χ0n) is 16.2. The number of carbonyl (C=O) groups excluding carboxylic acids is 1. The Labute approximate surface area is 153 Å². The predicted molar refractivity (Wildman–Crippen MR) is 102 cm³/mol. The number of rotatable bonds is 4. The highest BCUT2D eigenvalue weighted by Gasteiger charge is 2.25. The Balaban J connectivity index is 2.08. The molecule has 0 aliphatic heterocycles. The molecule has 2 heterocycles. The Bertz CT molecular complexity index is 974. The summed E-state index contributed by atoms with van der Waals surface area (Å²) in [6.45, 7) is 10.0. The van der Waals surface area contributed by atoms with Gasteiger partial charge in [0, 0.05) is 18.1 Å². The minimum Gasteiger partial charge on any atom is -0.342 e. The van der Waals surface area contributed by atoms with Gasteiger partial charge in [0.2, 0.25) is 0 Å². The smallest absolute Gasteiger partial charge is 0.252 e. The number of amides is 1. The standard InChI is InChI=1S/C20H25N5O/c1-11(2)18(19-21-10-22-25(19)6)24-20(26)17-13(4)14(5)23-16-8-7-12(3)9-15(16)17/h7-11,18H,1-6H3,(H,24,26)/t18-/m1/s1. The van der Waals surface area contributed by atoms with E-state index in [9.17, 15) is 4.79 Å². The number of hydrogen-bond donors (Lipinski definition) is 1. The Morgan fingerprint density at radius 1 is 1.19 bits per heavy atom. The van der Waals surface area contributed by atoms with Gasteiger partial charge >= 0.3 is 0 Å². The predicted octanol–water partition coefficient (Wildman–Crippen LogP) is 3.42. The van der Waals surface area contributed by atoms with E-state index in [0.717, 1.165) is 33.5 Å². The summed E-state index contributed by atoms with van der Waals surface area (Å²) < 4.78 is 1.71. The molecule has 26 heavy (non-hydrogen) atoms. The second-order valence-corrected chi connectivity index (χ2v) is 7.15. The van der Waals surface area contributed by atoms with Crippen LogP contribution in [0.25, 0.3) is 10.9 Å². The third kappa shape index (κ3) is 3.19. The topological polar surface area (TPSA) is 72.7 Å². The molecule has 3 aromatic rings. The summed E-state index contributed by atoms with van der Waals surface area (Å²) in [5.41, 5.74) is 4.39. The molecule has 1 atom stereocenters. The van der Waals surface area contributed by atoms with E-state index in [1.165, 1.54) is 6.33 Å². The third-order valence-corrected chi connectivity index (χ3v) is 4.83. The van der Waals surface area contributed by atoms with E-state index in [-0.39, 0.29) is 17.9 Å². The molecule has 1 aromatic carbocycles. The second kappa shape index (κ2) is 6.86. The van der Waals surface area contributed by atoms with Gasteiger partial charge in [-0.1, -0.05) is 25.5 Å². The maximum absolute atomic E-state index is 13.3. The molecule has 0 saturated carbocycles. The molecule has 0 bridgehead atoms. The number of nitrogens with zero attached hydrogens (tertiary/aromatic N) is 4. The summed E-state index contributed by atoms with van der Waals surface area (Å²) in [6, 6.07) is 5.79. The zero-order valence-corrected chi connectivity index (χ0v) is 16.2. The van der Waals surface area contributed by atoms with Crippen LogP contribution in [0.1, 0.15) is 52.9 Å². The molecule has 0 unspecified atom stereocenters. The van der Waals surface area contributed by atoms with Crippen molar-refractivity contribution in [1.82, 2.24) is 25.1 Å². The van der Waals surface area contributed by atoms with Crippen molar-refractivity contribution >= 4 is 16.8 Å². The first-order valence-corrected chi connectivity index (χ1v) is 8.82. The number of fused-ring (bicyclic) bond motifs is 1. The molecule has 1 amide bonds. The highest BCUT2D eigenvalue weighted by atomic mass is 16.1. The molecule has 0 fully saturated rings. The van der Waals surface area contributed by atoms with Crippen LogP contribution in [0.4, 0.5) is 0 Å². The Morgan fingerprint density at radius 3 is 2.54 bits per heavy atom. The van der Waals surface area contributed by atoms with Crippen molar-refractivity contribution in [3.8, 4) is 0 Å². The fourth-order valence-corrected chi connectivity index (χ4v) is 3.22. The van der Waals surface area contributed by atoms with E-state index in [4.69, 9.17) is 0 Å². The molecule has 0 spiro atoms. The molecule has 6 nitrogen and oxygen atoms in total. The quantitative estimate of drug-likeness (QED) is 0.782. The Kier molecular flexibility index (Phi) is 4.76. The number of hydrogen-bond acceptors (Lipinski definition) is 4. The first kappa shape index (κ1) is 18.0. The zero-order chi connectivity index (χ0) is 19.0. The van der Waals surface area contributed by atoms with Gasteiger partial charge in [-0.25, -0.2) is 4.98 Å². The molecule has 3 rings (SSSR count). The van der Waals surface area contributed by atoms with E-state index >= 15 is 0 Å². The number of aromatic nitrogens is 4. The van der Waals surface area contributed by atoms with Crippen LogP contribution in [-0.2, 0) is 7.05 Å². The van der Waals surface area contributed by atoms with Crippen molar-refractivity contribution in [2.75, 3.05) is 0 Å². The lowest BCUT2D eigenvalue weighted by molar-refractivity contribution is 0.0923. The average molecular weight is 351 g/mol. The van der Waals surface area contributed by atoms with Crippen LogP contribution in [-0.4, -0.2) is 25.7 Å². The van der Waals surface area contributed by atoms with Crippen LogP contribution < -0.4 is 5.32 Å². The van der Waals surface area contributed by atoms with Gasteiger partial charge in [0.15, 0.2) is 0 Å². The largest absolute Gasteiger partial charge is 0.342 e. The van der Waals surface area contributed by atoms with Crippen LogP contribution >= 0.6 is 0 Å². The molecule has 136 valence electrons. The summed E-state index contributed by atoms with van der Waals surface area (Å²) in [5.74, 6) is 0.820. The highest BCUT2D eigenvalue weighted by Crippen LogP contribution is 2.26. The van der Waals surface area contributed by atoms with Gasteiger partial charge in [0.05, 0.1) is 17.1 Å². The van der Waals surface area contributed by atoms with Crippen LogP contribution in [0.3, 0.4) is 0 Å². The van der Waals surface area contributed by atoms with E-state index < -0.39 is 0 Å². The van der Waals surface area contributed by atoms with Crippen LogP contribution in [0, 0.1) is 26.7 Å². The second-order valence-electron chi connectivity index (χ2n) is 7.15. The van der Waals surface area contributed by atoms with Crippen molar-refractivity contribution in [2.24, 2.45) is 13.0 Å². The van der Waals surface area contributed by atoms with Gasteiger partial charge in [-0.2, -0.15) is 5.10 Å². The summed E-state index contributed by atoms with van der Waals surface area (Å²) in [7, 11) is 1.84. The van der Waals surface area contributed by atoms with Gasteiger partial charge in [-0.3, -0.25) is 14.5 Å². The molecule has 6 heteroatoms. The minimum atomic E-state index is -0.220. The van der Waals surface area contributed by atoms with E-state index in [2.05, 4.69) is 34.2 Å². The number of pyridine rings is 1. The maximum Gasteiger partial charge on any atom is 0.252 e. The molecule has 0 aliphatic rings. The van der Waals surface area contributed by atoms with Crippen molar-refractivity contribution in [2.45, 2.75) is 40.7 Å². The highest BCUT2D eigenvalue weighted by molar-refractivity contribution is 6.07. The minimum absolute atomic E-state index is 0.106. The lowest BCUT2D eigenvalue weighted by Crippen LogP contribution is -2.34. The number of carbonyl (C=O) groups is 1. The molecule has 1 N–H and O–H groups in total. The van der Waals surface area contributed by atoms with Crippen LogP contribution in [0.2, 0.25) is 0 Å². The van der Waals surface area contributed by atoms with Gasteiger partial charge in [0.25, 0.3) is 5.91 Å². The summed E-state index contributed by atoms with van der Waals surface area (Å²) in [5, 5.41) is 8.18. The van der Waals surface area contributed by atoms with Gasteiger partial charge < -0.3 is 5.32 Å². The average Bonchev–Trinajstić information content (AvgIpc) is 2.99. The van der Waals surface area contributed by atoms with Gasteiger partial charge in [0.1, 0.15) is 12.2 Å².